The molecule has 0 N–H and O–H groups in total. The Morgan fingerprint density at radius 1 is 0.750 bits per heavy atom. The largest absolute Gasteiger partial charge is 0.0651 e. The number of rotatable bonds is 9. The van der Waals surface area contributed by atoms with E-state index in [0.29, 0.717) is 0 Å². The van der Waals surface area contributed by atoms with Crippen molar-refractivity contribution < 1.29 is 0 Å². The van der Waals surface area contributed by atoms with Crippen molar-refractivity contribution in [3.63, 3.8) is 0 Å². The monoisotopic (exact) mass is 226 g/mol. The molecule has 16 heavy (non-hydrogen) atoms. The minimum Gasteiger partial charge on any atom is -0.0651 e. The first-order valence-electron chi connectivity index (χ1n) is 7.47. The molecule has 0 aliphatic heterocycles. The Bertz CT molecular complexity index is 148. The molecule has 0 amide bonds. The van der Waals surface area contributed by atoms with E-state index in [-0.39, 0.29) is 0 Å². The van der Waals surface area contributed by atoms with Crippen LogP contribution in [0.1, 0.15) is 80.1 Å². The number of hydrogen-bond donors (Lipinski definition) is 0. The third kappa shape index (κ3) is 8.19. The van der Waals surface area contributed by atoms with Crippen LogP contribution in [0.3, 0.4) is 0 Å². The Kier molecular flexibility index (Phi) is 9.07. The van der Waals surface area contributed by atoms with E-state index in [2.05, 4.69) is 41.5 Å². The van der Waals surface area contributed by atoms with E-state index in [9.17, 15) is 0 Å². The Labute approximate surface area is 104 Å². The summed E-state index contributed by atoms with van der Waals surface area (Å²) >= 11 is 0. The maximum absolute atomic E-state index is 2.42. The predicted molar refractivity (Wildman–Crippen MR) is 75.7 cm³/mol. The molecule has 3 atom stereocenters. The van der Waals surface area contributed by atoms with Gasteiger partial charge in [0.2, 0.25) is 0 Å². The standard InChI is InChI=1S/C16H34/c1-7-15(5)16(6)11-9-8-10-14(4)12-13(2)3/h13-16H,7-12H2,1-6H3. The molecule has 0 saturated carbocycles. The summed E-state index contributed by atoms with van der Waals surface area (Å²) in [5, 5.41) is 0. The van der Waals surface area contributed by atoms with Gasteiger partial charge in [-0.05, 0) is 30.1 Å². The average Bonchev–Trinajstić information content (AvgIpc) is 2.21. The predicted octanol–water partition coefficient (Wildman–Crippen LogP) is 5.91. The Hall–Kier alpha value is 0. The van der Waals surface area contributed by atoms with Crippen molar-refractivity contribution in [2.24, 2.45) is 23.7 Å². The van der Waals surface area contributed by atoms with Crippen LogP contribution in [0.4, 0.5) is 0 Å². The van der Waals surface area contributed by atoms with Gasteiger partial charge < -0.3 is 0 Å². The highest BCUT2D eigenvalue weighted by molar-refractivity contribution is 4.62. The van der Waals surface area contributed by atoms with E-state index < -0.39 is 0 Å². The fraction of sp³-hybridized carbons (Fsp3) is 1.00. The maximum atomic E-state index is 2.42. The molecule has 0 saturated heterocycles. The molecule has 0 fully saturated rings. The van der Waals surface area contributed by atoms with Crippen LogP contribution in [0.15, 0.2) is 0 Å². The quantitative estimate of drug-likeness (QED) is 0.429. The second-order valence-corrected chi connectivity index (χ2v) is 6.38. The number of unbranched alkanes of at least 4 members (excludes halogenated alkanes) is 1. The zero-order valence-electron chi connectivity index (χ0n) is 12.6. The van der Waals surface area contributed by atoms with Crippen molar-refractivity contribution in [3.05, 3.63) is 0 Å². The van der Waals surface area contributed by atoms with E-state index in [0.717, 1.165) is 23.7 Å². The lowest BCUT2D eigenvalue weighted by molar-refractivity contribution is 0.331. The summed E-state index contributed by atoms with van der Waals surface area (Å²) in [5.74, 6) is 3.63. The van der Waals surface area contributed by atoms with Gasteiger partial charge in [0, 0.05) is 0 Å². The lowest BCUT2D eigenvalue weighted by Gasteiger charge is -2.19. The Morgan fingerprint density at radius 2 is 1.31 bits per heavy atom. The highest BCUT2D eigenvalue weighted by Gasteiger charge is 2.10. The van der Waals surface area contributed by atoms with E-state index >= 15 is 0 Å². The number of hydrogen-bond acceptors (Lipinski definition) is 0. The van der Waals surface area contributed by atoms with Crippen LogP contribution in [-0.4, -0.2) is 0 Å². The summed E-state index contributed by atoms with van der Waals surface area (Å²) in [5.41, 5.74) is 0. The summed E-state index contributed by atoms with van der Waals surface area (Å²) in [7, 11) is 0. The van der Waals surface area contributed by atoms with Gasteiger partial charge in [0.1, 0.15) is 0 Å². The first-order valence-corrected chi connectivity index (χ1v) is 7.47. The first kappa shape index (κ1) is 16.0. The minimum absolute atomic E-state index is 0.869. The summed E-state index contributed by atoms with van der Waals surface area (Å²) in [6.07, 6.45) is 8.49. The fourth-order valence-corrected chi connectivity index (χ4v) is 2.57. The summed E-state index contributed by atoms with van der Waals surface area (Å²) in [6, 6.07) is 0. The van der Waals surface area contributed by atoms with Gasteiger partial charge in [-0.1, -0.05) is 73.6 Å². The smallest absolute Gasteiger partial charge is 0.0417 e. The van der Waals surface area contributed by atoms with Gasteiger partial charge in [-0.3, -0.25) is 0 Å². The van der Waals surface area contributed by atoms with E-state index in [1.807, 2.05) is 0 Å². The third-order valence-electron chi connectivity index (χ3n) is 4.10. The van der Waals surface area contributed by atoms with Crippen LogP contribution >= 0.6 is 0 Å². The van der Waals surface area contributed by atoms with Crippen LogP contribution in [-0.2, 0) is 0 Å². The van der Waals surface area contributed by atoms with Gasteiger partial charge in [-0.25, -0.2) is 0 Å². The van der Waals surface area contributed by atoms with Gasteiger partial charge >= 0.3 is 0 Å². The second kappa shape index (κ2) is 9.07. The van der Waals surface area contributed by atoms with Gasteiger partial charge in [0.05, 0.1) is 0 Å². The molecule has 0 aromatic carbocycles. The van der Waals surface area contributed by atoms with Crippen LogP contribution in [0, 0.1) is 23.7 Å². The van der Waals surface area contributed by atoms with Gasteiger partial charge in [-0.15, -0.1) is 0 Å². The third-order valence-corrected chi connectivity index (χ3v) is 4.10. The SMILES string of the molecule is CCC(C)C(C)CCCCC(C)CC(C)C. The van der Waals surface area contributed by atoms with Crippen molar-refractivity contribution in [3.8, 4) is 0 Å². The van der Waals surface area contributed by atoms with Crippen LogP contribution in [0.2, 0.25) is 0 Å². The Morgan fingerprint density at radius 3 is 1.81 bits per heavy atom. The molecule has 0 radical (unpaired) electrons. The Balaban J connectivity index is 3.45. The molecule has 3 unspecified atom stereocenters. The van der Waals surface area contributed by atoms with Crippen LogP contribution in [0.25, 0.3) is 0 Å². The minimum atomic E-state index is 0.869. The molecule has 0 aliphatic carbocycles. The second-order valence-electron chi connectivity index (χ2n) is 6.38. The van der Waals surface area contributed by atoms with E-state index in [1.165, 1.54) is 38.5 Å². The average molecular weight is 226 g/mol. The van der Waals surface area contributed by atoms with Crippen molar-refractivity contribution in [2.45, 2.75) is 80.1 Å². The molecule has 0 aromatic rings. The molecule has 0 rings (SSSR count). The first-order chi connectivity index (χ1) is 7.47. The molecule has 0 aliphatic rings. The van der Waals surface area contributed by atoms with E-state index in [1.54, 1.807) is 0 Å². The van der Waals surface area contributed by atoms with Gasteiger partial charge in [0.25, 0.3) is 0 Å². The van der Waals surface area contributed by atoms with Gasteiger partial charge in [-0.2, -0.15) is 0 Å². The molecular formula is C16H34. The molecule has 0 aromatic heterocycles. The topological polar surface area (TPSA) is 0 Å². The summed E-state index contributed by atoms with van der Waals surface area (Å²) < 4.78 is 0. The lowest BCUT2D eigenvalue weighted by Crippen LogP contribution is -2.07. The molecule has 0 spiro atoms. The molecular weight excluding hydrogens is 192 g/mol. The van der Waals surface area contributed by atoms with Crippen LogP contribution < -0.4 is 0 Å². The van der Waals surface area contributed by atoms with Crippen molar-refractivity contribution in [2.75, 3.05) is 0 Å². The lowest BCUT2D eigenvalue weighted by atomic mass is 9.87. The van der Waals surface area contributed by atoms with E-state index in [4.69, 9.17) is 0 Å². The van der Waals surface area contributed by atoms with Gasteiger partial charge in [0.15, 0.2) is 0 Å². The van der Waals surface area contributed by atoms with Crippen molar-refractivity contribution in [1.82, 2.24) is 0 Å². The van der Waals surface area contributed by atoms with Crippen molar-refractivity contribution in [1.29, 1.82) is 0 Å². The molecule has 98 valence electrons. The maximum Gasteiger partial charge on any atom is -0.0417 e. The van der Waals surface area contributed by atoms with Crippen molar-refractivity contribution >= 4 is 0 Å². The molecule has 0 heteroatoms. The van der Waals surface area contributed by atoms with Crippen LogP contribution in [0.5, 0.6) is 0 Å². The highest BCUT2D eigenvalue weighted by atomic mass is 14.2. The summed E-state index contributed by atoms with van der Waals surface area (Å²) in [6.45, 7) is 14.2. The summed E-state index contributed by atoms with van der Waals surface area (Å²) in [4.78, 5) is 0. The fourth-order valence-electron chi connectivity index (χ4n) is 2.57. The zero-order chi connectivity index (χ0) is 12.6. The highest BCUT2D eigenvalue weighted by Crippen LogP contribution is 2.23. The zero-order valence-corrected chi connectivity index (χ0v) is 12.6. The molecule has 0 bridgehead atoms. The normalized spacial score (nSPS) is 17.4. The molecule has 0 heterocycles. The molecule has 0 nitrogen and oxygen atoms in total.